The number of hydrogen-bond donors (Lipinski definition) is 1. The van der Waals surface area contributed by atoms with Crippen molar-refractivity contribution in [1.29, 1.82) is 0 Å². The molecule has 1 amide bonds. The number of hydrogen-bond acceptors (Lipinski definition) is 5. The molecule has 0 fully saturated rings. The molecule has 6 heteroatoms. The van der Waals surface area contributed by atoms with Crippen LogP contribution in [0.3, 0.4) is 0 Å². The molecule has 6 nitrogen and oxygen atoms in total. The molecule has 2 aromatic rings. The standard InChI is InChI=1S/C21H25NO5/c1-24-17-8-7-14(19(12-17)26-3)9-10-22-21(23)16-11-15-5-4-6-18(25-2)20(15)27-13-16/h4-8,12,16H,9-11,13H2,1-3H3,(H,22,23)/t16-/m0/s1. The molecule has 1 aliphatic heterocycles. The fourth-order valence-electron chi connectivity index (χ4n) is 3.25. The monoisotopic (exact) mass is 371 g/mol. The highest BCUT2D eigenvalue weighted by Crippen LogP contribution is 2.36. The molecule has 1 atom stereocenters. The number of para-hydroxylation sites is 1. The maximum absolute atomic E-state index is 12.5. The van der Waals surface area contributed by atoms with Crippen molar-refractivity contribution in [1.82, 2.24) is 5.32 Å². The zero-order chi connectivity index (χ0) is 19.2. The summed E-state index contributed by atoms with van der Waals surface area (Å²) in [6.45, 7) is 0.883. The van der Waals surface area contributed by atoms with E-state index in [0.29, 0.717) is 31.7 Å². The van der Waals surface area contributed by atoms with Gasteiger partial charge in [-0.3, -0.25) is 4.79 Å². The van der Waals surface area contributed by atoms with Gasteiger partial charge in [0.1, 0.15) is 18.1 Å². The van der Waals surface area contributed by atoms with E-state index in [0.717, 1.165) is 28.4 Å². The Morgan fingerprint density at radius 2 is 1.93 bits per heavy atom. The van der Waals surface area contributed by atoms with Crippen molar-refractivity contribution >= 4 is 5.91 Å². The van der Waals surface area contributed by atoms with Crippen LogP contribution in [-0.4, -0.2) is 40.4 Å². The lowest BCUT2D eigenvalue weighted by atomic mass is 9.95. The molecule has 2 aromatic carbocycles. The second kappa shape index (κ2) is 8.66. The molecule has 1 N–H and O–H groups in total. The van der Waals surface area contributed by atoms with E-state index in [1.807, 2.05) is 36.4 Å². The lowest BCUT2D eigenvalue weighted by Gasteiger charge is -2.25. The van der Waals surface area contributed by atoms with Crippen LogP contribution in [0, 0.1) is 5.92 Å². The molecule has 0 aliphatic carbocycles. The van der Waals surface area contributed by atoms with Gasteiger partial charge in [-0.2, -0.15) is 0 Å². The Kier molecular flexibility index (Phi) is 6.06. The van der Waals surface area contributed by atoms with Gasteiger partial charge in [-0.05, 0) is 36.1 Å². The first-order valence-corrected chi connectivity index (χ1v) is 8.93. The summed E-state index contributed by atoms with van der Waals surface area (Å²) in [7, 11) is 4.86. The Morgan fingerprint density at radius 3 is 2.67 bits per heavy atom. The minimum atomic E-state index is -0.206. The van der Waals surface area contributed by atoms with Crippen molar-refractivity contribution < 1.29 is 23.7 Å². The van der Waals surface area contributed by atoms with Gasteiger partial charge in [0, 0.05) is 12.6 Å². The molecule has 0 radical (unpaired) electrons. The quantitative estimate of drug-likeness (QED) is 0.811. The van der Waals surface area contributed by atoms with Gasteiger partial charge in [0.05, 0.1) is 27.2 Å². The summed E-state index contributed by atoms with van der Waals surface area (Å²) in [4.78, 5) is 12.5. The molecule has 27 heavy (non-hydrogen) atoms. The second-order valence-electron chi connectivity index (χ2n) is 6.38. The van der Waals surface area contributed by atoms with Gasteiger partial charge in [0.2, 0.25) is 5.91 Å². The first kappa shape index (κ1) is 18.9. The van der Waals surface area contributed by atoms with Gasteiger partial charge in [-0.25, -0.2) is 0 Å². The summed E-state index contributed by atoms with van der Waals surface area (Å²) in [6.07, 6.45) is 1.32. The van der Waals surface area contributed by atoms with Crippen molar-refractivity contribution in [3.8, 4) is 23.0 Å². The Bertz CT molecular complexity index is 805. The van der Waals surface area contributed by atoms with Crippen molar-refractivity contribution in [2.75, 3.05) is 34.5 Å². The first-order chi connectivity index (χ1) is 13.2. The Morgan fingerprint density at radius 1 is 1.11 bits per heavy atom. The van der Waals surface area contributed by atoms with Crippen molar-refractivity contribution in [3.05, 3.63) is 47.5 Å². The van der Waals surface area contributed by atoms with Gasteiger partial charge in [-0.1, -0.05) is 18.2 Å². The number of benzene rings is 2. The van der Waals surface area contributed by atoms with Gasteiger partial charge >= 0.3 is 0 Å². The summed E-state index contributed by atoms with van der Waals surface area (Å²) in [5.41, 5.74) is 2.02. The topological polar surface area (TPSA) is 66.0 Å². The van der Waals surface area contributed by atoms with Gasteiger partial charge in [-0.15, -0.1) is 0 Å². The predicted octanol–water partition coefficient (Wildman–Crippen LogP) is 2.62. The minimum absolute atomic E-state index is 0.00375. The van der Waals surface area contributed by atoms with Crippen LogP contribution in [0.4, 0.5) is 0 Å². The van der Waals surface area contributed by atoms with Gasteiger partial charge in [0.25, 0.3) is 0 Å². The summed E-state index contributed by atoms with van der Waals surface area (Å²) in [5.74, 6) is 2.74. The van der Waals surface area contributed by atoms with Crippen LogP contribution in [-0.2, 0) is 17.6 Å². The molecule has 0 bridgehead atoms. The highest BCUT2D eigenvalue weighted by atomic mass is 16.5. The van der Waals surface area contributed by atoms with E-state index in [9.17, 15) is 4.79 Å². The molecule has 0 spiro atoms. The molecule has 0 saturated carbocycles. The third-order valence-corrected chi connectivity index (χ3v) is 4.73. The summed E-state index contributed by atoms with van der Waals surface area (Å²) >= 11 is 0. The number of carbonyl (C=O) groups excluding carboxylic acids is 1. The Labute approximate surface area is 159 Å². The molecular formula is C21H25NO5. The highest BCUT2D eigenvalue weighted by molar-refractivity contribution is 5.79. The van der Waals surface area contributed by atoms with Crippen molar-refractivity contribution in [2.45, 2.75) is 12.8 Å². The maximum atomic E-state index is 12.5. The smallest absolute Gasteiger partial charge is 0.226 e. The molecule has 0 aromatic heterocycles. The largest absolute Gasteiger partial charge is 0.497 e. The second-order valence-corrected chi connectivity index (χ2v) is 6.38. The van der Waals surface area contributed by atoms with Crippen LogP contribution in [0.15, 0.2) is 36.4 Å². The SMILES string of the molecule is COc1ccc(CCNC(=O)[C@@H]2COc3c(cccc3OC)C2)c(OC)c1. The minimum Gasteiger partial charge on any atom is -0.497 e. The summed E-state index contributed by atoms with van der Waals surface area (Å²) in [6, 6.07) is 11.4. The Balaban J connectivity index is 1.56. The maximum Gasteiger partial charge on any atom is 0.226 e. The molecule has 0 unspecified atom stereocenters. The fourth-order valence-corrected chi connectivity index (χ4v) is 3.25. The lowest BCUT2D eigenvalue weighted by Crippen LogP contribution is -2.38. The molecule has 144 valence electrons. The van der Waals surface area contributed by atoms with E-state index in [4.69, 9.17) is 18.9 Å². The number of amides is 1. The lowest BCUT2D eigenvalue weighted by molar-refractivity contribution is -0.126. The summed E-state index contributed by atoms with van der Waals surface area (Å²) in [5, 5.41) is 3.00. The number of ether oxygens (including phenoxy) is 4. The fraction of sp³-hybridized carbons (Fsp3) is 0.381. The van der Waals surface area contributed by atoms with Crippen LogP contribution >= 0.6 is 0 Å². The van der Waals surface area contributed by atoms with E-state index in [2.05, 4.69) is 5.32 Å². The third-order valence-electron chi connectivity index (χ3n) is 4.73. The first-order valence-electron chi connectivity index (χ1n) is 8.93. The van der Waals surface area contributed by atoms with E-state index >= 15 is 0 Å². The molecule has 3 rings (SSSR count). The van der Waals surface area contributed by atoms with E-state index in [1.165, 1.54) is 0 Å². The predicted molar refractivity (Wildman–Crippen MR) is 102 cm³/mol. The number of nitrogens with one attached hydrogen (secondary N) is 1. The average molecular weight is 371 g/mol. The summed E-state index contributed by atoms with van der Waals surface area (Å²) < 4.78 is 21.7. The van der Waals surface area contributed by atoms with Crippen LogP contribution in [0.5, 0.6) is 23.0 Å². The van der Waals surface area contributed by atoms with Gasteiger partial charge < -0.3 is 24.3 Å². The zero-order valence-corrected chi connectivity index (χ0v) is 15.9. The average Bonchev–Trinajstić information content (AvgIpc) is 2.72. The van der Waals surface area contributed by atoms with E-state index in [1.54, 1.807) is 21.3 Å². The van der Waals surface area contributed by atoms with Crippen LogP contribution in [0.2, 0.25) is 0 Å². The number of fused-ring (bicyclic) bond motifs is 1. The number of rotatable bonds is 7. The molecule has 1 aliphatic rings. The molecular weight excluding hydrogens is 346 g/mol. The number of methoxy groups -OCH3 is 3. The Hall–Kier alpha value is -2.89. The number of carbonyl (C=O) groups is 1. The van der Waals surface area contributed by atoms with E-state index in [-0.39, 0.29) is 11.8 Å². The van der Waals surface area contributed by atoms with Gasteiger partial charge in [0.15, 0.2) is 11.5 Å². The molecule has 0 saturated heterocycles. The van der Waals surface area contributed by atoms with Crippen molar-refractivity contribution in [2.24, 2.45) is 5.92 Å². The third kappa shape index (κ3) is 4.27. The normalized spacial score (nSPS) is 15.3. The van der Waals surface area contributed by atoms with E-state index < -0.39 is 0 Å². The van der Waals surface area contributed by atoms with Crippen LogP contribution in [0.25, 0.3) is 0 Å². The molecule has 1 heterocycles. The van der Waals surface area contributed by atoms with Crippen LogP contribution < -0.4 is 24.3 Å². The van der Waals surface area contributed by atoms with Crippen molar-refractivity contribution in [3.63, 3.8) is 0 Å². The van der Waals surface area contributed by atoms with Crippen LogP contribution in [0.1, 0.15) is 11.1 Å². The zero-order valence-electron chi connectivity index (χ0n) is 15.9. The highest BCUT2D eigenvalue weighted by Gasteiger charge is 2.27.